The average molecular weight is 234 g/mol. The largest absolute Gasteiger partial charge is 0.213 e. The Hall–Kier alpha value is -2.15. The Bertz CT molecular complexity index is 699. The summed E-state index contributed by atoms with van der Waals surface area (Å²) in [7, 11) is 2.13. The minimum absolute atomic E-state index is 1.26. The fourth-order valence-electron chi connectivity index (χ4n) is 2.44. The minimum atomic E-state index is 1.26. The van der Waals surface area contributed by atoms with Crippen molar-refractivity contribution >= 4 is 10.8 Å². The summed E-state index contributed by atoms with van der Waals surface area (Å²) in [5.74, 6) is 0. The van der Waals surface area contributed by atoms with Crippen molar-refractivity contribution in [3.8, 4) is 11.3 Å². The van der Waals surface area contributed by atoms with Crippen LogP contribution in [0.5, 0.6) is 0 Å². The van der Waals surface area contributed by atoms with Crippen LogP contribution in [0.25, 0.3) is 22.0 Å². The summed E-state index contributed by atoms with van der Waals surface area (Å²) in [6, 6.07) is 21.3. The lowest BCUT2D eigenvalue weighted by atomic mass is 10.0. The molecule has 0 saturated carbocycles. The molecule has 0 N–H and O–H groups in total. The maximum Gasteiger partial charge on any atom is 0.213 e. The first kappa shape index (κ1) is 11.0. The Balaban J connectivity index is 2.34. The molecule has 3 rings (SSSR count). The quantitative estimate of drug-likeness (QED) is 0.566. The van der Waals surface area contributed by atoms with E-state index < -0.39 is 0 Å². The molecule has 0 amide bonds. The summed E-state index contributed by atoms with van der Waals surface area (Å²) in [5.41, 5.74) is 3.81. The third-order valence-electron chi connectivity index (χ3n) is 3.58. The Labute approximate surface area is 107 Å². The molecule has 3 aromatic rings. The minimum Gasteiger partial charge on any atom is -0.198 e. The fourth-order valence-corrected chi connectivity index (χ4v) is 2.44. The number of benzene rings is 2. The molecule has 0 radical (unpaired) electrons. The molecular formula is C17H16N+. The van der Waals surface area contributed by atoms with Crippen LogP contribution >= 0.6 is 0 Å². The molecule has 0 aliphatic heterocycles. The predicted molar refractivity (Wildman–Crippen MR) is 75.3 cm³/mol. The SMILES string of the molecule is Cc1c2ccccc2cc(-c2ccccc2)[n+]1C. The van der Waals surface area contributed by atoms with Crippen molar-refractivity contribution in [2.45, 2.75) is 6.92 Å². The second-order valence-corrected chi connectivity index (χ2v) is 4.63. The van der Waals surface area contributed by atoms with Crippen LogP contribution < -0.4 is 4.57 Å². The molecule has 0 unspecified atom stereocenters. The summed E-state index contributed by atoms with van der Waals surface area (Å²) in [5, 5.41) is 2.62. The van der Waals surface area contributed by atoms with E-state index in [0.717, 1.165) is 0 Å². The summed E-state index contributed by atoms with van der Waals surface area (Å²) >= 11 is 0. The lowest BCUT2D eigenvalue weighted by molar-refractivity contribution is -0.665. The number of rotatable bonds is 1. The van der Waals surface area contributed by atoms with Crippen LogP contribution in [0.2, 0.25) is 0 Å². The number of hydrogen-bond acceptors (Lipinski definition) is 0. The van der Waals surface area contributed by atoms with Crippen LogP contribution in [0.3, 0.4) is 0 Å². The third kappa shape index (κ3) is 1.68. The Morgan fingerprint density at radius 3 is 2.28 bits per heavy atom. The van der Waals surface area contributed by atoms with Gasteiger partial charge in [-0.3, -0.25) is 0 Å². The fraction of sp³-hybridized carbons (Fsp3) is 0.118. The van der Waals surface area contributed by atoms with Crippen LogP contribution in [0.15, 0.2) is 60.7 Å². The smallest absolute Gasteiger partial charge is 0.198 e. The van der Waals surface area contributed by atoms with Crippen LogP contribution in [0, 0.1) is 6.92 Å². The van der Waals surface area contributed by atoms with Gasteiger partial charge in [0.25, 0.3) is 0 Å². The lowest BCUT2D eigenvalue weighted by Gasteiger charge is -2.06. The van der Waals surface area contributed by atoms with Gasteiger partial charge in [-0.1, -0.05) is 36.4 Å². The summed E-state index contributed by atoms with van der Waals surface area (Å²) in [4.78, 5) is 0. The second kappa shape index (κ2) is 4.26. The Kier molecular flexibility index (Phi) is 2.60. The molecule has 1 heteroatoms. The van der Waals surface area contributed by atoms with Crippen LogP contribution in [-0.4, -0.2) is 0 Å². The molecule has 0 spiro atoms. The highest BCUT2D eigenvalue weighted by atomic mass is 14.9. The highest BCUT2D eigenvalue weighted by Gasteiger charge is 2.15. The van der Waals surface area contributed by atoms with Crippen LogP contribution in [0.1, 0.15) is 5.69 Å². The number of nitrogens with zero attached hydrogens (tertiary/aromatic N) is 1. The Morgan fingerprint density at radius 2 is 1.50 bits per heavy atom. The predicted octanol–water partition coefficient (Wildman–Crippen LogP) is 3.64. The zero-order valence-corrected chi connectivity index (χ0v) is 10.7. The van der Waals surface area contributed by atoms with Gasteiger partial charge in [-0.2, -0.15) is 4.57 Å². The summed E-state index contributed by atoms with van der Waals surface area (Å²) < 4.78 is 2.26. The number of aromatic nitrogens is 1. The van der Waals surface area contributed by atoms with Gasteiger partial charge in [0.2, 0.25) is 5.69 Å². The highest BCUT2D eigenvalue weighted by Crippen LogP contribution is 2.22. The molecule has 1 heterocycles. The van der Waals surface area contributed by atoms with Gasteiger partial charge in [-0.25, -0.2) is 0 Å². The highest BCUT2D eigenvalue weighted by molar-refractivity contribution is 5.86. The first-order valence-electron chi connectivity index (χ1n) is 6.21. The molecule has 0 saturated heterocycles. The van der Waals surface area contributed by atoms with Gasteiger partial charge in [0, 0.05) is 23.9 Å². The van der Waals surface area contributed by atoms with Crippen molar-refractivity contribution in [1.29, 1.82) is 0 Å². The van der Waals surface area contributed by atoms with Crippen molar-refractivity contribution in [2.75, 3.05) is 0 Å². The molecule has 1 aromatic heterocycles. The van der Waals surface area contributed by atoms with Crippen LogP contribution in [0.4, 0.5) is 0 Å². The topological polar surface area (TPSA) is 3.88 Å². The number of hydrogen-bond donors (Lipinski definition) is 0. The molecular weight excluding hydrogens is 218 g/mol. The molecule has 88 valence electrons. The zero-order valence-electron chi connectivity index (χ0n) is 10.7. The van der Waals surface area contributed by atoms with E-state index >= 15 is 0 Å². The van der Waals surface area contributed by atoms with E-state index in [9.17, 15) is 0 Å². The van der Waals surface area contributed by atoms with Gasteiger partial charge in [0.05, 0.1) is 0 Å². The van der Waals surface area contributed by atoms with Crippen molar-refractivity contribution in [3.05, 3.63) is 66.4 Å². The van der Waals surface area contributed by atoms with Gasteiger partial charge in [-0.15, -0.1) is 0 Å². The van der Waals surface area contributed by atoms with Gasteiger partial charge in [-0.05, 0) is 23.6 Å². The number of fused-ring (bicyclic) bond motifs is 1. The molecule has 1 nitrogen and oxygen atoms in total. The summed E-state index contributed by atoms with van der Waals surface area (Å²) in [6.07, 6.45) is 0. The maximum absolute atomic E-state index is 2.26. The molecule has 2 aromatic carbocycles. The van der Waals surface area contributed by atoms with Gasteiger partial charge >= 0.3 is 0 Å². The molecule has 0 aliphatic carbocycles. The van der Waals surface area contributed by atoms with E-state index in [4.69, 9.17) is 0 Å². The first-order valence-corrected chi connectivity index (χ1v) is 6.21. The summed E-state index contributed by atoms with van der Waals surface area (Å²) in [6.45, 7) is 2.18. The molecule has 0 fully saturated rings. The van der Waals surface area contributed by atoms with Crippen molar-refractivity contribution in [2.24, 2.45) is 7.05 Å². The normalized spacial score (nSPS) is 10.8. The average Bonchev–Trinajstić information content (AvgIpc) is 2.44. The Morgan fingerprint density at radius 1 is 0.833 bits per heavy atom. The zero-order chi connectivity index (χ0) is 12.5. The van der Waals surface area contributed by atoms with Gasteiger partial charge in [0.1, 0.15) is 7.05 Å². The molecule has 18 heavy (non-hydrogen) atoms. The van der Waals surface area contributed by atoms with E-state index in [1.807, 2.05) is 0 Å². The number of aryl methyl sites for hydroxylation is 1. The van der Waals surface area contributed by atoms with Crippen LogP contribution in [-0.2, 0) is 7.05 Å². The van der Waals surface area contributed by atoms with Crippen molar-refractivity contribution in [3.63, 3.8) is 0 Å². The maximum atomic E-state index is 2.26. The van der Waals surface area contributed by atoms with E-state index in [0.29, 0.717) is 0 Å². The lowest BCUT2D eigenvalue weighted by Crippen LogP contribution is -2.34. The standard InChI is InChI=1S/C17H16N/c1-13-16-11-7-6-10-15(16)12-17(18(13)2)14-8-4-3-5-9-14/h3-12H,1-2H3/q+1. The third-order valence-corrected chi connectivity index (χ3v) is 3.58. The van der Waals surface area contributed by atoms with E-state index in [1.54, 1.807) is 0 Å². The number of pyridine rings is 1. The van der Waals surface area contributed by atoms with Gasteiger partial charge in [0.15, 0.2) is 5.69 Å². The first-order chi connectivity index (χ1) is 8.77. The van der Waals surface area contributed by atoms with E-state index in [1.165, 1.54) is 27.7 Å². The second-order valence-electron chi connectivity index (χ2n) is 4.63. The monoisotopic (exact) mass is 234 g/mol. The van der Waals surface area contributed by atoms with E-state index in [-0.39, 0.29) is 0 Å². The van der Waals surface area contributed by atoms with Crippen molar-refractivity contribution in [1.82, 2.24) is 0 Å². The van der Waals surface area contributed by atoms with E-state index in [2.05, 4.69) is 79.2 Å². The van der Waals surface area contributed by atoms with Crippen molar-refractivity contribution < 1.29 is 4.57 Å². The molecule has 0 aliphatic rings. The molecule has 0 bridgehead atoms. The van der Waals surface area contributed by atoms with Gasteiger partial charge < -0.3 is 0 Å². The molecule has 0 atom stereocenters.